The largest absolute Gasteiger partial charge is 0.493 e. The predicted molar refractivity (Wildman–Crippen MR) is 56.3 cm³/mol. The Balaban J connectivity index is 2.44. The van der Waals surface area contributed by atoms with Crippen LogP contribution in [-0.2, 0) is 0 Å². The van der Waals surface area contributed by atoms with Crippen LogP contribution in [-0.4, -0.2) is 20.2 Å². The van der Waals surface area contributed by atoms with Crippen molar-refractivity contribution in [2.45, 2.75) is 5.92 Å². The van der Waals surface area contributed by atoms with Crippen molar-refractivity contribution in [1.29, 1.82) is 0 Å². The third-order valence-electron chi connectivity index (χ3n) is 2.46. The fourth-order valence-electron chi connectivity index (χ4n) is 1.61. The third kappa shape index (κ3) is 1.64. The Kier molecular flexibility index (Phi) is 2.74. The highest BCUT2D eigenvalue weighted by atomic mass is 79.9. The molecule has 2 nitrogen and oxygen atoms in total. The first-order valence-electron chi connectivity index (χ1n) is 4.46. The molecule has 0 spiro atoms. The van der Waals surface area contributed by atoms with Crippen molar-refractivity contribution in [1.82, 2.24) is 5.32 Å². The molecule has 76 valence electrons. The van der Waals surface area contributed by atoms with Gasteiger partial charge in [-0.15, -0.1) is 0 Å². The van der Waals surface area contributed by atoms with E-state index in [0.29, 0.717) is 11.7 Å². The molecule has 0 unspecified atom stereocenters. The molecule has 0 saturated carbocycles. The summed E-state index contributed by atoms with van der Waals surface area (Å²) in [5.74, 6) is 0.445. The van der Waals surface area contributed by atoms with Crippen molar-refractivity contribution >= 4 is 15.9 Å². The van der Waals surface area contributed by atoms with Gasteiger partial charge in [-0.05, 0) is 12.1 Å². The average Bonchev–Trinajstić information content (AvgIpc) is 1.99. The lowest BCUT2D eigenvalue weighted by molar-refractivity contribution is 0.363. The topological polar surface area (TPSA) is 21.3 Å². The van der Waals surface area contributed by atoms with E-state index in [-0.39, 0.29) is 5.82 Å². The first-order chi connectivity index (χ1) is 6.72. The summed E-state index contributed by atoms with van der Waals surface area (Å²) in [7, 11) is 1.50. The molecule has 1 aliphatic heterocycles. The average molecular weight is 260 g/mol. The van der Waals surface area contributed by atoms with Gasteiger partial charge >= 0.3 is 0 Å². The van der Waals surface area contributed by atoms with Gasteiger partial charge in [-0.1, -0.05) is 15.9 Å². The molecule has 0 aliphatic carbocycles. The fourth-order valence-corrected chi connectivity index (χ4v) is 2.06. The van der Waals surface area contributed by atoms with E-state index < -0.39 is 0 Å². The molecular formula is C10H11BrFNO. The van der Waals surface area contributed by atoms with Crippen LogP contribution in [0.3, 0.4) is 0 Å². The lowest BCUT2D eigenvalue weighted by atomic mass is 9.93. The van der Waals surface area contributed by atoms with Crippen molar-refractivity contribution in [3.05, 3.63) is 28.0 Å². The smallest absolute Gasteiger partial charge is 0.166 e. The van der Waals surface area contributed by atoms with E-state index in [9.17, 15) is 4.39 Å². The van der Waals surface area contributed by atoms with Crippen LogP contribution in [0.4, 0.5) is 4.39 Å². The van der Waals surface area contributed by atoms with Gasteiger partial charge in [0, 0.05) is 29.0 Å². The van der Waals surface area contributed by atoms with Crippen LogP contribution >= 0.6 is 15.9 Å². The van der Waals surface area contributed by atoms with E-state index in [4.69, 9.17) is 4.74 Å². The summed E-state index contributed by atoms with van der Waals surface area (Å²) in [4.78, 5) is 0. The summed E-state index contributed by atoms with van der Waals surface area (Å²) in [5, 5.41) is 3.16. The number of halogens is 2. The van der Waals surface area contributed by atoms with E-state index in [0.717, 1.165) is 23.1 Å². The molecule has 1 fully saturated rings. The van der Waals surface area contributed by atoms with E-state index in [1.54, 1.807) is 0 Å². The Labute approximate surface area is 90.6 Å². The quantitative estimate of drug-likeness (QED) is 0.880. The van der Waals surface area contributed by atoms with Crippen LogP contribution in [0, 0.1) is 5.82 Å². The number of benzene rings is 1. The van der Waals surface area contributed by atoms with Gasteiger partial charge in [0.25, 0.3) is 0 Å². The molecular weight excluding hydrogens is 249 g/mol. The van der Waals surface area contributed by atoms with Gasteiger partial charge in [-0.3, -0.25) is 0 Å². The van der Waals surface area contributed by atoms with Gasteiger partial charge in [0.1, 0.15) is 0 Å². The maximum absolute atomic E-state index is 13.5. The van der Waals surface area contributed by atoms with Crippen molar-refractivity contribution in [2.75, 3.05) is 20.2 Å². The van der Waals surface area contributed by atoms with Gasteiger partial charge < -0.3 is 10.1 Å². The second-order valence-corrected chi connectivity index (χ2v) is 4.28. The number of nitrogens with one attached hydrogen (secondary N) is 1. The lowest BCUT2D eigenvalue weighted by Crippen LogP contribution is -2.40. The molecule has 1 aromatic rings. The second-order valence-electron chi connectivity index (χ2n) is 3.37. The first kappa shape index (κ1) is 9.93. The normalized spacial score (nSPS) is 16.5. The number of rotatable bonds is 2. The Morgan fingerprint density at radius 3 is 2.71 bits per heavy atom. The Morgan fingerprint density at radius 1 is 1.50 bits per heavy atom. The molecule has 1 aliphatic rings. The summed E-state index contributed by atoms with van der Waals surface area (Å²) < 4.78 is 19.3. The maximum atomic E-state index is 13.5. The molecule has 0 amide bonds. The number of ether oxygens (including phenoxy) is 1. The van der Waals surface area contributed by atoms with Crippen molar-refractivity contribution in [3.8, 4) is 5.75 Å². The number of methoxy groups -OCH3 is 1. The number of hydrogen-bond acceptors (Lipinski definition) is 2. The maximum Gasteiger partial charge on any atom is 0.166 e. The van der Waals surface area contributed by atoms with Gasteiger partial charge in [-0.2, -0.15) is 0 Å². The molecule has 0 aromatic heterocycles. The minimum atomic E-state index is -0.302. The van der Waals surface area contributed by atoms with Crippen LogP contribution in [0.15, 0.2) is 16.6 Å². The molecule has 0 bridgehead atoms. The fraction of sp³-hybridized carbons (Fsp3) is 0.400. The highest BCUT2D eigenvalue weighted by Gasteiger charge is 2.24. The molecule has 2 rings (SSSR count). The molecule has 0 atom stereocenters. The number of hydrogen-bond donors (Lipinski definition) is 1. The Bertz CT molecular complexity index is 352. The summed E-state index contributed by atoms with van der Waals surface area (Å²) >= 11 is 3.28. The molecule has 14 heavy (non-hydrogen) atoms. The molecule has 4 heteroatoms. The zero-order valence-corrected chi connectivity index (χ0v) is 9.40. The summed E-state index contributed by atoms with van der Waals surface area (Å²) in [6.45, 7) is 1.79. The minimum Gasteiger partial charge on any atom is -0.493 e. The van der Waals surface area contributed by atoms with Crippen LogP contribution in [0.25, 0.3) is 0 Å². The highest BCUT2D eigenvalue weighted by molar-refractivity contribution is 9.10. The second kappa shape index (κ2) is 3.87. The van der Waals surface area contributed by atoms with Crippen molar-refractivity contribution in [3.63, 3.8) is 0 Å². The van der Waals surface area contributed by atoms with E-state index in [1.807, 2.05) is 6.07 Å². The van der Waals surface area contributed by atoms with Crippen molar-refractivity contribution in [2.24, 2.45) is 0 Å². The predicted octanol–water partition coefficient (Wildman–Crippen LogP) is 2.28. The minimum absolute atomic E-state index is 0.302. The summed E-state index contributed by atoms with van der Waals surface area (Å²) in [5.41, 5.74) is 0.943. The van der Waals surface area contributed by atoms with Gasteiger partial charge in [0.05, 0.1) is 7.11 Å². The van der Waals surface area contributed by atoms with Crippen LogP contribution in [0.1, 0.15) is 11.5 Å². The lowest BCUT2D eigenvalue weighted by Gasteiger charge is -2.29. The van der Waals surface area contributed by atoms with Crippen LogP contribution < -0.4 is 10.1 Å². The zero-order chi connectivity index (χ0) is 10.1. The SMILES string of the molecule is COc1c(F)cc(Br)cc1C1CNC1. The first-order valence-corrected chi connectivity index (χ1v) is 5.25. The Morgan fingerprint density at radius 2 is 2.21 bits per heavy atom. The summed E-state index contributed by atoms with van der Waals surface area (Å²) in [6, 6.07) is 3.35. The molecule has 1 heterocycles. The van der Waals surface area contributed by atoms with Crippen LogP contribution in [0.2, 0.25) is 0 Å². The Hall–Kier alpha value is -0.610. The van der Waals surface area contributed by atoms with Gasteiger partial charge in [-0.25, -0.2) is 4.39 Å². The monoisotopic (exact) mass is 259 g/mol. The van der Waals surface area contributed by atoms with Crippen LogP contribution in [0.5, 0.6) is 5.75 Å². The molecule has 1 aromatic carbocycles. The standard InChI is InChI=1S/C10H11BrFNO/c1-14-10-8(6-4-13-5-6)2-7(11)3-9(10)12/h2-3,6,13H,4-5H2,1H3. The summed E-state index contributed by atoms with van der Waals surface area (Å²) in [6.07, 6.45) is 0. The van der Waals surface area contributed by atoms with Crippen molar-refractivity contribution < 1.29 is 9.13 Å². The van der Waals surface area contributed by atoms with Gasteiger partial charge in [0.15, 0.2) is 11.6 Å². The third-order valence-corrected chi connectivity index (χ3v) is 2.92. The van der Waals surface area contributed by atoms with E-state index >= 15 is 0 Å². The van der Waals surface area contributed by atoms with E-state index in [2.05, 4.69) is 21.2 Å². The molecule has 1 N–H and O–H groups in total. The molecule has 0 radical (unpaired) electrons. The van der Waals surface area contributed by atoms with Gasteiger partial charge in [0.2, 0.25) is 0 Å². The molecule has 1 saturated heterocycles. The highest BCUT2D eigenvalue weighted by Crippen LogP contribution is 2.34. The zero-order valence-electron chi connectivity index (χ0n) is 7.81. The van der Waals surface area contributed by atoms with E-state index in [1.165, 1.54) is 13.2 Å².